The number of morpholine rings is 1. The Kier molecular flexibility index (Phi) is 4.79. The molecule has 7 nitrogen and oxygen atoms in total. The Bertz CT molecular complexity index is 483. The third-order valence-electron chi connectivity index (χ3n) is 4.82. The smallest absolute Gasteiger partial charge is 0.120 e. The lowest BCUT2D eigenvalue weighted by Gasteiger charge is -2.47. The van der Waals surface area contributed by atoms with E-state index in [0.717, 1.165) is 30.2 Å². The molecule has 0 saturated carbocycles. The van der Waals surface area contributed by atoms with Gasteiger partial charge in [-0.05, 0) is 14.0 Å². The van der Waals surface area contributed by atoms with Crippen molar-refractivity contribution in [1.29, 1.82) is 0 Å². The van der Waals surface area contributed by atoms with Gasteiger partial charge in [0.25, 0.3) is 0 Å². The zero-order valence-corrected chi connectivity index (χ0v) is 13.4. The molecule has 22 heavy (non-hydrogen) atoms. The van der Waals surface area contributed by atoms with Crippen LogP contribution in [0.3, 0.4) is 0 Å². The lowest BCUT2D eigenvalue weighted by atomic mass is 9.96. The minimum atomic E-state index is -0.368. The molecule has 7 heteroatoms. The molecule has 0 amide bonds. The molecule has 1 fully saturated rings. The van der Waals surface area contributed by atoms with E-state index in [1.807, 2.05) is 7.05 Å². The van der Waals surface area contributed by atoms with Crippen LogP contribution in [-0.4, -0.2) is 71.6 Å². The molecule has 2 aliphatic heterocycles. The van der Waals surface area contributed by atoms with Crippen LogP contribution in [0.25, 0.3) is 0 Å². The minimum Gasteiger partial charge on any atom is -0.394 e. The lowest BCUT2D eigenvalue weighted by Crippen LogP contribution is -2.65. The molecular formula is C15H26N4O3. The molecule has 2 atom stereocenters. The SMILES string of the molecule is C[C@@H]1COC[C@@](CO)(CNCc2nc3c([nH]2)COCC3)N1C. The van der Waals surface area contributed by atoms with Crippen molar-refractivity contribution in [3.05, 3.63) is 17.2 Å². The van der Waals surface area contributed by atoms with E-state index in [9.17, 15) is 5.11 Å². The molecular weight excluding hydrogens is 284 g/mol. The maximum absolute atomic E-state index is 9.86. The summed E-state index contributed by atoms with van der Waals surface area (Å²) in [7, 11) is 2.05. The van der Waals surface area contributed by atoms with Crippen molar-refractivity contribution in [3.63, 3.8) is 0 Å². The number of aromatic amines is 1. The van der Waals surface area contributed by atoms with E-state index in [0.29, 0.717) is 39.0 Å². The number of nitrogens with zero attached hydrogens (tertiary/aromatic N) is 2. The number of H-pyrrole nitrogens is 1. The first-order chi connectivity index (χ1) is 10.6. The molecule has 3 rings (SSSR count). The summed E-state index contributed by atoms with van der Waals surface area (Å²) >= 11 is 0. The van der Waals surface area contributed by atoms with Crippen LogP contribution in [0.2, 0.25) is 0 Å². The Labute approximate surface area is 131 Å². The Morgan fingerprint density at radius 2 is 2.36 bits per heavy atom. The number of ether oxygens (including phenoxy) is 2. The number of fused-ring (bicyclic) bond motifs is 1. The van der Waals surface area contributed by atoms with Gasteiger partial charge < -0.3 is 24.9 Å². The predicted octanol–water partition coefficient (Wildman–Crippen LogP) is -0.346. The molecule has 0 aliphatic carbocycles. The second-order valence-electron chi connectivity index (χ2n) is 6.37. The number of aliphatic hydroxyl groups excluding tert-OH is 1. The van der Waals surface area contributed by atoms with Crippen molar-refractivity contribution in [1.82, 2.24) is 20.2 Å². The van der Waals surface area contributed by atoms with Gasteiger partial charge in [0.1, 0.15) is 5.82 Å². The van der Waals surface area contributed by atoms with Crippen LogP contribution in [0.15, 0.2) is 0 Å². The molecule has 2 aliphatic rings. The summed E-state index contributed by atoms with van der Waals surface area (Å²) in [6, 6.07) is 0.302. The number of hydrogen-bond acceptors (Lipinski definition) is 6. The topological polar surface area (TPSA) is 82.6 Å². The van der Waals surface area contributed by atoms with Crippen molar-refractivity contribution in [2.24, 2.45) is 0 Å². The number of aromatic nitrogens is 2. The van der Waals surface area contributed by atoms with Crippen molar-refractivity contribution in [2.45, 2.75) is 38.1 Å². The van der Waals surface area contributed by atoms with E-state index in [1.54, 1.807) is 0 Å². The van der Waals surface area contributed by atoms with Crippen LogP contribution in [0.4, 0.5) is 0 Å². The average Bonchev–Trinajstić information content (AvgIpc) is 2.94. The second-order valence-corrected chi connectivity index (χ2v) is 6.37. The Morgan fingerprint density at radius 3 is 3.14 bits per heavy atom. The van der Waals surface area contributed by atoms with E-state index in [-0.39, 0.29) is 12.1 Å². The zero-order valence-electron chi connectivity index (χ0n) is 13.4. The minimum absolute atomic E-state index is 0.0728. The fourth-order valence-corrected chi connectivity index (χ4v) is 3.16. The van der Waals surface area contributed by atoms with E-state index in [4.69, 9.17) is 9.47 Å². The molecule has 1 aromatic rings. The molecule has 1 aromatic heterocycles. The predicted molar refractivity (Wildman–Crippen MR) is 81.5 cm³/mol. The quantitative estimate of drug-likeness (QED) is 0.690. The fraction of sp³-hybridized carbons (Fsp3) is 0.800. The fourth-order valence-electron chi connectivity index (χ4n) is 3.16. The van der Waals surface area contributed by atoms with Gasteiger partial charge in [0, 0.05) is 19.0 Å². The number of imidazole rings is 1. The van der Waals surface area contributed by atoms with Crippen molar-refractivity contribution in [2.75, 3.05) is 40.0 Å². The summed E-state index contributed by atoms with van der Waals surface area (Å²) in [5.74, 6) is 0.927. The standard InChI is InChI=1S/C15H26N4O3/c1-11-6-22-10-15(9-20,19(11)2)8-16-5-14-17-12-3-4-21-7-13(12)18-14/h11,16,20H,3-10H2,1-2H3,(H,17,18)/t11-,15+/m1/s1. The summed E-state index contributed by atoms with van der Waals surface area (Å²) in [5.41, 5.74) is 1.84. The van der Waals surface area contributed by atoms with Crippen LogP contribution in [0.1, 0.15) is 24.1 Å². The van der Waals surface area contributed by atoms with Crippen molar-refractivity contribution >= 4 is 0 Å². The third-order valence-corrected chi connectivity index (χ3v) is 4.82. The number of rotatable bonds is 5. The monoisotopic (exact) mass is 310 g/mol. The van der Waals surface area contributed by atoms with Crippen molar-refractivity contribution < 1.29 is 14.6 Å². The van der Waals surface area contributed by atoms with Gasteiger partial charge in [-0.3, -0.25) is 4.90 Å². The van der Waals surface area contributed by atoms with Crippen LogP contribution in [0.5, 0.6) is 0 Å². The van der Waals surface area contributed by atoms with Gasteiger partial charge >= 0.3 is 0 Å². The normalized spacial score (nSPS) is 29.5. The first-order valence-electron chi connectivity index (χ1n) is 7.91. The van der Waals surface area contributed by atoms with Gasteiger partial charge in [-0.15, -0.1) is 0 Å². The highest BCUT2D eigenvalue weighted by molar-refractivity contribution is 5.16. The summed E-state index contributed by atoms with van der Waals surface area (Å²) in [6.45, 7) is 6.12. The van der Waals surface area contributed by atoms with Gasteiger partial charge in [-0.25, -0.2) is 4.98 Å². The highest BCUT2D eigenvalue weighted by atomic mass is 16.5. The summed E-state index contributed by atoms with van der Waals surface area (Å²) in [4.78, 5) is 10.1. The number of aliphatic hydroxyl groups is 1. The third kappa shape index (κ3) is 3.04. The maximum Gasteiger partial charge on any atom is 0.120 e. The van der Waals surface area contributed by atoms with E-state index >= 15 is 0 Å². The van der Waals surface area contributed by atoms with Crippen molar-refractivity contribution in [3.8, 4) is 0 Å². The van der Waals surface area contributed by atoms with Crippen LogP contribution in [0, 0.1) is 0 Å². The van der Waals surface area contributed by atoms with E-state index < -0.39 is 0 Å². The highest BCUT2D eigenvalue weighted by Gasteiger charge is 2.40. The van der Waals surface area contributed by atoms with E-state index in [1.165, 1.54) is 0 Å². The maximum atomic E-state index is 9.86. The Hall–Kier alpha value is -0.990. The number of nitrogens with one attached hydrogen (secondary N) is 2. The molecule has 0 spiro atoms. The second kappa shape index (κ2) is 6.64. The average molecular weight is 310 g/mol. The highest BCUT2D eigenvalue weighted by Crippen LogP contribution is 2.21. The largest absolute Gasteiger partial charge is 0.394 e. The van der Waals surface area contributed by atoms with Gasteiger partial charge in [-0.1, -0.05) is 0 Å². The van der Waals surface area contributed by atoms with Crippen LogP contribution in [-0.2, 0) is 29.0 Å². The molecule has 124 valence electrons. The Morgan fingerprint density at radius 1 is 1.50 bits per heavy atom. The molecule has 3 N–H and O–H groups in total. The van der Waals surface area contributed by atoms with Crippen LogP contribution >= 0.6 is 0 Å². The van der Waals surface area contributed by atoms with Gasteiger partial charge in [-0.2, -0.15) is 0 Å². The van der Waals surface area contributed by atoms with Gasteiger partial charge in [0.05, 0.1) is 56.5 Å². The zero-order chi connectivity index (χ0) is 15.6. The van der Waals surface area contributed by atoms with Gasteiger partial charge in [0.15, 0.2) is 0 Å². The Balaban J connectivity index is 1.58. The molecule has 3 heterocycles. The number of hydrogen-bond donors (Lipinski definition) is 3. The molecule has 0 bridgehead atoms. The number of likely N-dealkylation sites (N-methyl/N-ethyl adjacent to an activating group) is 1. The first-order valence-corrected chi connectivity index (χ1v) is 7.91. The summed E-state index contributed by atoms with van der Waals surface area (Å²) in [6.07, 6.45) is 0.875. The summed E-state index contributed by atoms with van der Waals surface area (Å²) in [5, 5.41) is 13.3. The molecule has 0 unspecified atom stereocenters. The molecule has 0 aromatic carbocycles. The lowest BCUT2D eigenvalue weighted by molar-refractivity contribution is -0.106. The molecule has 0 radical (unpaired) electrons. The summed E-state index contributed by atoms with van der Waals surface area (Å²) < 4.78 is 11.1. The van der Waals surface area contributed by atoms with Crippen LogP contribution < -0.4 is 5.32 Å². The first kappa shape index (κ1) is 15.9. The molecule has 1 saturated heterocycles. The van der Waals surface area contributed by atoms with E-state index in [2.05, 4.69) is 27.1 Å². The van der Waals surface area contributed by atoms with Gasteiger partial charge in [0.2, 0.25) is 0 Å².